The second-order valence-electron chi connectivity index (χ2n) is 3.71. The van der Waals surface area contributed by atoms with Gasteiger partial charge in [-0.1, -0.05) is 6.92 Å². The van der Waals surface area contributed by atoms with Gasteiger partial charge in [-0.25, -0.2) is 4.79 Å². The summed E-state index contributed by atoms with van der Waals surface area (Å²) in [6.07, 6.45) is -0.130. The van der Waals surface area contributed by atoms with E-state index in [0.29, 0.717) is 19.0 Å². The molecule has 0 unspecified atom stereocenters. The van der Waals surface area contributed by atoms with E-state index in [1.165, 1.54) is 11.8 Å². The molecule has 4 heteroatoms. The molecule has 1 aliphatic heterocycles. The van der Waals surface area contributed by atoms with Crippen LogP contribution in [0.25, 0.3) is 0 Å². The number of amides is 1. The summed E-state index contributed by atoms with van der Waals surface area (Å²) in [5.74, 6) is 0.302. The van der Waals surface area contributed by atoms with Crippen LogP contribution in [0.4, 0.5) is 4.79 Å². The van der Waals surface area contributed by atoms with Gasteiger partial charge in [0.2, 0.25) is 0 Å². The highest BCUT2D eigenvalue weighted by Gasteiger charge is 2.31. The van der Waals surface area contributed by atoms with Crippen molar-refractivity contribution in [2.45, 2.75) is 20.3 Å². The fraction of sp³-hybridized carbons (Fsp3) is 0.778. The van der Waals surface area contributed by atoms with E-state index in [9.17, 15) is 9.59 Å². The molecule has 0 radical (unpaired) electrons. The first-order chi connectivity index (χ1) is 6.02. The van der Waals surface area contributed by atoms with E-state index in [1.54, 1.807) is 0 Å². The van der Waals surface area contributed by atoms with E-state index in [0.717, 1.165) is 6.42 Å². The molecule has 0 saturated carbocycles. The van der Waals surface area contributed by atoms with Crippen LogP contribution in [0.2, 0.25) is 0 Å². The molecule has 1 N–H and O–H groups in total. The van der Waals surface area contributed by atoms with Crippen molar-refractivity contribution in [3.63, 3.8) is 0 Å². The van der Waals surface area contributed by atoms with Crippen LogP contribution in [-0.4, -0.2) is 35.0 Å². The summed E-state index contributed by atoms with van der Waals surface area (Å²) in [6, 6.07) is 0. The van der Waals surface area contributed by atoms with Crippen LogP contribution in [0.3, 0.4) is 0 Å². The Kier molecular flexibility index (Phi) is 2.90. The number of carbonyl (C=O) groups excluding carboxylic acids is 1. The summed E-state index contributed by atoms with van der Waals surface area (Å²) < 4.78 is 0. The lowest BCUT2D eigenvalue weighted by atomic mass is 9.85. The van der Waals surface area contributed by atoms with Crippen molar-refractivity contribution in [3.8, 4) is 0 Å². The van der Waals surface area contributed by atoms with E-state index in [-0.39, 0.29) is 11.7 Å². The molecule has 1 rings (SSSR count). The number of carbonyl (C=O) groups is 2. The van der Waals surface area contributed by atoms with E-state index < -0.39 is 6.09 Å². The van der Waals surface area contributed by atoms with Crippen molar-refractivity contribution in [2.75, 3.05) is 13.1 Å². The summed E-state index contributed by atoms with van der Waals surface area (Å²) in [7, 11) is 0. The molecule has 74 valence electrons. The van der Waals surface area contributed by atoms with Gasteiger partial charge in [0.25, 0.3) is 0 Å². The minimum Gasteiger partial charge on any atom is -0.465 e. The highest BCUT2D eigenvalue weighted by Crippen LogP contribution is 2.23. The molecule has 2 atom stereocenters. The monoisotopic (exact) mass is 185 g/mol. The van der Waals surface area contributed by atoms with Crippen molar-refractivity contribution in [2.24, 2.45) is 11.8 Å². The molecule has 13 heavy (non-hydrogen) atoms. The van der Waals surface area contributed by atoms with E-state index in [2.05, 4.69) is 0 Å². The van der Waals surface area contributed by atoms with Gasteiger partial charge in [0.1, 0.15) is 5.78 Å². The third-order valence-corrected chi connectivity index (χ3v) is 2.75. The number of rotatable bonds is 1. The average molecular weight is 185 g/mol. The molecular formula is C9H15NO3. The normalized spacial score (nSPS) is 28.6. The number of likely N-dealkylation sites (tertiary alicyclic amines) is 1. The van der Waals surface area contributed by atoms with Crippen molar-refractivity contribution in [1.29, 1.82) is 0 Å². The Hall–Kier alpha value is -1.06. The molecule has 0 aliphatic carbocycles. The Balaban J connectivity index is 2.63. The van der Waals surface area contributed by atoms with Crippen molar-refractivity contribution < 1.29 is 14.7 Å². The Labute approximate surface area is 77.5 Å². The topological polar surface area (TPSA) is 57.6 Å². The molecular weight excluding hydrogens is 170 g/mol. The fourth-order valence-electron chi connectivity index (χ4n) is 1.77. The molecule has 1 aliphatic rings. The second kappa shape index (κ2) is 3.77. The quantitative estimate of drug-likeness (QED) is 0.668. The van der Waals surface area contributed by atoms with Gasteiger partial charge in [-0.2, -0.15) is 0 Å². The van der Waals surface area contributed by atoms with Crippen LogP contribution < -0.4 is 0 Å². The van der Waals surface area contributed by atoms with Gasteiger partial charge >= 0.3 is 6.09 Å². The van der Waals surface area contributed by atoms with Gasteiger partial charge in [-0.3, -0.25) is 4.79 Å². The molecule has 1 saturated heterocycles. The van der Waals surface area contributed by atoms with Crippen molar-refractivity contribution in [3.05, 3.63) is 0 Å². The molecule has 0 aromatic rings. The summed E-state index contributed by atoms with van der Waals surface area (Å²) in [5, 5.41) is 8.74. The van der Waals surface area contributed by atoms with E-state index >= 15 is 0 Å². The van der Waals surface area contributed by atoms with Gasteiger partial charge in [-0.15, -0.1) is 0 Å². The lowest BCUT2D eigenvalue weighted by Crippen LogP contribution is -2.44. The van der Waals surface area contributed by atoms with Crippen LogP contribution in [0.15, 0.2) is 0 Å². The minimum atomic E-state index is -0.918. The number of hydrogen-bond donors (Lipinski definition) is 1. The van der Waals surface area contributed by atoms with Gasteiger partial charge < -0.3 is 10.0 Å². The van der Waals surface area contributed by atoms with Crippen LogP contribution in [-0.2, 0) is 4.79 Å². The number of hydrogen-bond acceptors (Lipinski definition) is 2. The predicted octanol–water partition coefficient (Wildman–Crippen LogP) is 1.21. The molecule has 0 bridgehead atoms. The highest BCUT2D eigenvalue weighted by atomic mass is 16.4. The van der Waals surface area contributed by atoms with Gasteiger partial charge in [0.15, 0.2) is 0 Å². The Morgan fingerprint density at radius 3 is 2.54 bits per heavy atom. The highest BCUT2D eigenvalue weighted by molar-refractivity contribution is 5.79. The zero-order chi connectivity index (χ0) is 10.0. The second-order valence-corrected chi connectivity index (χ2v) is 3.71. The maximum Gasteiger partial charge on any atom is 0.407 e. The smallest absolute Gasteiger partial charge is 0.407 e. The molecule has 0 spiro atoms. The van der Waals surface area contributed by atoms with Crippen LogP contribution >= 0.6 is 0 Å². The predicted molar refractivity (Wildman–Crippen MR) is 47.5 cm³/mol. The zero-order valence-electron chi connectivity index (χ0n) is 7.99. The number of Topliss-reactive ketones (excluding diaryl/α,β-unsaturated/α-hetero) is 1. The van der Waals surface area contributed by atoms with Gasteiger partial charge in [-0.05, 0) is 19.3 Å². The lowest BCUT2D eigenvalue weighted by Gasteiger charge is -2.33. The molecule has 1 amide bonds. The Bertz CT molecular complexity index is 227. The largest absolute Gasteiger partial charge is 0.465 e. The number of ketones is 1. The van der Waals surface area contributed by atoms with Crippen molar-refractivity contribution in [1.82, 2.24) is 4.90 Å². The molecule has 1 heterocycles. The third kappa shape index (κ3) is 2.20. The summed E-state index contributed by atoms with van der Waals surface area (Å²) in [5.41, 5.74) is 0. The van der Waals surface area contributed by atoms with E-state index in [1.807, 2.05) is 6.92 Å². The first kappa shape index (κ1) is 10.0. The zero-order valence-corrected chi connectivity index (χ0v) is 7.99. The van der Waals surface area contributed by atoms with Gasteiger partial charge in [0.05, 0.1) is 0 Å². The average Bonchev–Trinajstić information content (AvgIpc) is 2.04. The minimum absolute atomic E-state index is 0.0958. The summed E-state index contributed by atoms with van der Waals surface area (Å²) in [6.45, 7) is 4.46. The number of piperidine rings is 1. The van der Waals surface area contributed by atoms with E-state index in [4.69, 9.17) is 5.11 Å². The summed E-state index contributed by atoms with van der Waals surface area (Å²) >= 11 is 0. The fourth-order valence-corrected chi connectivity index (χ4v) is 1.77. The van der Waals surface area contributed by atoms with Crippen LogP contribution in [0, 0.1) is 11.8 Å². The molecule has 0 aromatic carbocycles. The lowest BCUT2D eigenvalue weighted by molar-refractivity contribution is -0.123. The molecule has 1 fully saturated rings. The maximum atomic E-state index is 11.2. The SMILES string of the molecule is CC(=O)[C@H]1CN(C(=O)O)CC[C@@H]1C. The number of nitrogens with zero attached hydrogens (tertiary/aromatic N) is 1. The van der Waals surface area contributed by atoms with Gasteiger partial charge in [0, 0.05) is 19.0 Å². The van der Waals surface area contributed by atoms with Crippen LogP contribution in [0.1, 0.15) is 20.3 Å². The van der Waals surface area contributed by atoms with Crippen LogP contribution in [0.5, 0.6) is 0 Å². The first-order valence-corrected chi connectivity index (χ1v) is 4.50. The Morgan fingerprint density at radius 2 is 2.08 bits per heavy atom. The first-order valence-electron chi connectivity index (χ1n) is 4.50. The Morgan fingerprint density at radius 1 is 1.46 bits per heavy atom. The third-order valence-electron chi connectivity index (χ3n) is 2.75. The molecule has 0 aromatic heterocycles. The number of carboxylic acid groups (broad SMARTS) is 1. The standard InChI is InChI=1S/C9H15NO3/c1-6-3-4-10(9(12)13)5-8(6)7(2)11/h6,8H,3-5H2,1-2H3,(H,12,13)/t6-,8-/m0/s1. The van der Waals surface area contributed by atoms with Crippen molar-refractivity contribution >= 4 is 11.9 Å². The maximum absolute atomic E-state index is 11.2. The summed E-state index contributed by atoms with van der Waals surface area (Å²) in [4.78, 5) is 23.1. The molecule has 4 nitrogen and oxygen atoms in total.